The summed E-state index contributed by atoms with van der Waals surface area (Å²) in [6.45, 7) is 4.95. The van der Waals surface area contributed by atoms with Crippen LogP contribution in [0.4, 0.5) is 14.9 Å². The summed E-state index contributed by atoms with van der Waals surface area (Å²) in [7, 11) is 0. The maximum absolute atomic E-state index is 13.0. The zero-order chi connectivity index (χ0) is 13.1. The number of benzene rings is 1. The van der Waals surface area contributed by atoms with Gasteiger partial charge in [-0.15, -0.1) is 0 Å². The number of halogens is 1. The van der Waals surface area contributed by atoms with Gasteiger partial charge in [0, 0.05) is 18.8 Å². The highest BCUT2D eigenvalue weighted by Crippen LogP contribution is 2.14. The van der Waals surface area contributed by atoms with Crippen LogP contribution in [0.5, 0.6) is 0 Å². The minimum absolute atomic E-state index is 0.0204. The lowest BCUT2D eigenvalue weighted by Crippen LogP contribution is -2.49. The fourth-order valence-electron chi connectivity index (χ4n) is 2.11. The Hall–Kier alpha value is -1.62. The first-order chi connectivity index (χ1) is 8.54. The summed E-state index contributed by atoms with van der Waals surface area (Å²) in [6, 6.07) is 5.64. The molecule has 0 aromatic heterocycles. The lowest BCUT2D eigenvalue weighted by atomic mass is 10.2. The van der Waals surface area contributed by atoms with Gasteiger partial charge in [0.05, 0.1) is 12.2 Å². The van der Waals surface area contributed by atoms with Gasteiger partial charge in [-0.2, -0.15) is 0 Å². The van der Waals surface area contributed by atoms with Gasteiger partial charge in [0.1, 0.15) is 5.82 Å². The third-order valence-electron chi connectivity index (χ3n) is 2.78. The van der Waals surface area contributed by atoms with Crippen LogP contribution in [-0.2, 0) is 4.74 Å². The molecule has 4 nitrogen and oxygen atoms in total. The minimum Gasteiger partial charge on any atom is -0.372 e. The highest BCUT2D eigenvalue weighted by Gasteiger charge is 2.25. The third kappa shape index (κ3) is 3.20. The molecular weight excluding hydrogens is 235 g/mol. The van der Waals surface area contributed by atoms with Crippen molar-refractivity contribution in [2.45, 2.75) is 26.1 Å². The predicted octanol–water partition coefficient (Wildman–Crippen LogP) is 2.47. The molecule has 1 heterocycles. The first-order valence-corrected chi connectivity index (χ1v) is 6.01. The first-order valence-electron chi connectivity index (χ1n) is 6.01. The van der Waals surface area contributed by atoms with Crippen LogP contribution in [0.2, 0.25) is 0 Å². The molecule has 0 spiro atoms. The molecule has 0 radical (unpaired) electrons. The molecule has 1 N–H and O–H groups in total. The number of morpholine rings is 1. The number of nitrogens with one attached hydrogen (secondary N) is 1. The molecule has 18 heavy (non-hydrogen) atoms. The Labute approximate surface area is 106 Å². The largest absolute Gasteiger partial charge is 0.372 e. The van der Waals surface area contributed by atoms with E-state index < -0.39 is 0 Å². The van der Waals surface area contributed by atoms with Gasteiger partial charge < -0.3 is 15.0 Å². The molecule has 2 atom stereocenters. The first kappa shape index (κ1) is 12.8. The number of urea groups is 1. The molecule has 98 valence electrons. The number of anilines is 1. The summed E-state index contributed by atoms with van der Waals surface area (Å²) in [4.78, 5) is 13.7. The maximum atomic E-state index is 13.0. The van der Waals surface area contributed by atoms with E-state index >= 15 is 0 Å². The molecule has 5 heteroatoms. The topological polar surface area (TPSA) is 41.6 Å². The second-order valence-electron chi connectivity index (χ2n) is 4.60. The van der Waals surface area contributed by atoms with Crippen molar-refractivity contribution in [2.75, 3.05) is 18.4 Å². The van der Waals surface area contributed by atoms with Crippen LogP contribution >= 0.6 is 0 Å². The van der Waals surface area contributed by atoms with E-state index in [2.05, 4.69) is 5.32 Å². The number of hydrogen-bond donors (Lipinski definition) is 1. The van der Waals surface area contributed by atoms with Crippen molar-refractivity contribution in [3.63, 3.8) is 0 Å². The van der Waals surface area contributed by atoms with Gasteiger partial charge in [0.25, 0.3) is 0 Å². The van der Waals surface area contributed by atoms with Gasteiger partial charge in [0.15, 0.2) is 0 Å². The fourth-order valence-corrected chi connectivity index (χ4v) is 2.11. The van der Waals surface area contributed by atoms with Crippen LogP contribution in [-0.4, -0.2) is 36.2 Å². The Morgan fingerprint density at radius 3 is 2.67 bits per heavy atom. The van der Waals surface area contributed by atoms with Gasteiger partial charge >= 0.3 is 6.03 Å². The normalized spacial score (nSPS) is 23.8. The quantitative estimate of drug-likeness (QED) is 0.834. The number of nitrogens with zero attached hydrogens (tertiary/aromatic N) is 1. The van der Waals surface area contributed by atoms with Gasteiger partial charge in [-0.05, 0) is 32.0 Å². The molecule has 1 aliphatic rings. The van der Waals surface area contributed by atoms with Crippen LogP contribution in [0, 0.1) is 5.82 Å². The Bertz CT molecular complexity index is 429. The zero-order valence-electron chi connectivity index (χ0n) is 10.5. The van der Waals surface area contributed by atoms with E-state index in [-0.39, 0.29) is 24.1 Å². The van der Waals surface area contributed by atoms with Gasteiger partial charge in [-0.25, -0.2) is 9.18 Å². The van der Waals surface area contributed by atoms with Crippen molar-refractivity contribution in [1.82, 2.24) is 4.90 Å². The second kappa shape index (κ2) is 5.35. The lowest BCUT2D eigenvalue weighted by Gasteiger charge is -2.35. The molecule has 1 aromatic carbocycles. The SMILES string of the molecule is C[C@@H]1CN(C(=O)Nc2cccc(F)c2)C[C@@H](C)O1. The van der Waals surface area contributed by atoms with E-state index in [1.165, 1.54) is 12.1 Å². The summed E-state index contributed by atoms with van der Waals surface area (Å²) in [5.74, 6) is -0.364. The summed E-state index contributed by atoms with van der Waals surface area (Å²) in [6.07, 6.45) is 0.0408. The molecule has 1 saturated heterocycles. The Kier molecular flexibility index (Phi) is 3.81. The predicted molar refractivity (Wildman–Crippen MR) is 67.0 cm³/mol. The van der Waals surface area contributed by atoms with Crippen molar-refractivity contribution in [1.29, 1.82) is 0 Å². The number of amides is 2. The molecule has 0 unspecified atom stereocenters. The fraction of sp³-hybridized carbons (Fsp3) is 0.462. The highest BCUT2D eigenvalue weighted by atomic mass is 19.1. The van der Waals surface area contributed by atoms with Crippen molar-refractivity contribution in [3.05, 3.63) is 30.1 Å². The minimum atomic E-state index is -0.364. The molecule has 1 aliphatic heterocycles. The van der Waals surface area contributed by atoms with Crippen LogP contribution in [0.1, 0.15) is 13.8 Å². The van der Waals surface area contributed by atoms with E-state index in [1.807, 2.05) is 13.8 Å². The van der Waals surface area contributed by atoms with Crippen LogP contribution in [0.3, 0.4) is 0 Å². The molecule has 2 rings (SSSR count). The smallest absolute Gasteiger partial charge is 0.322 e. The second-order valence-corrected chi connectivity index (χ2v) is 4.60. The summed E-state index contributed by atoms with van der Waals surface area (Å²) in [5.41, 5.74) is 0.465. The summed E-state index contributed by atoms with van der Waals surface area (Å²) >= 11 is 0. The maximum Gasteiger partial charge on any atom is 0.322 e. The number of hydrogen-bond acceptors (Lipinski definition) is 2. The molecule has 2 amide bonds. The number of carbonyl (C=O) groups excluding carboxylic acids is 1. The van der Waals surface area contributed by atoms with Crippen LogP contribution < -0.4 is 5.32 Å². The average molecular weight is 252 g/mol. The Balaban J connectivity index is 1.99. The van der Waals surface area contributed by atoms with E-state index in [1.54, 1.807) is 17.0 Å². The summed E-state index contributed by atoms with van der Waals surface area (Å²) < 4.78 is 18.6. The van der Waals surface area contributed by atoms with Crippen LogP contribution in [0.15, 0.2) is 24.3 Å². The van der Waals surface area contributed by atoms with E-state index in [0.29, 0.717) is 18.8 Å². The van der Waals surface area contributed by atoms with Crippen molar-refractivity contribution in [3.8, 4) is 0 Å². The molecule has 1 aromatic rings. The van der Waals surface area contributed by atoms with Crippen molar-refractivity contribution < 1.29 is 13.9 Å². The molecular formula is C13H17FN2O2. The van der Waals surface area contributed by atoms with E-state index in [9.17, 15) is 9.18 Å². The molecule has 0 saturated carbocycles. The number of rotatable bonds is 1. The Morgan fingerprint density at radius 2 is 2.06 bits per heavy atom. The van der Waals surface area contributed by atoms with Gasteiger partial charge in [0.2, 0.25) is 0 Å². The highest BCUT2D eigenvalue weighted by molar-refractivity contribution is 5.89. The van der Waals surface area contributed by atoms with E-state index in [4.69, 9.17) is 4.74 Å². The molecule has 0 aliphatic carbocycles. The van der Waals surface area contributed by atoms with Crippen molar-refractivity contribution in [2.24, 2.45) is 0 Å². The van der Waals surface area contributed by atoms with Crippen molar-refractivity contribution >= 4 is 11.7 Å². The number of carbonyl (C=O) groups is 1. The standard InChI is InChI=1S/C13H17FN2O2/c1-9-7-16(8-10(2)18-9)13(17)15-12-5-3-4-11(14)6-12/h3-6,9-10H,7-8H2,1-2H3,(H,15,17)/t9-,10-/m1/s1. The Morgan fingerprint density at radius 1 is 1.39 bits per heavy atom. The van der Waals surface area contributed by atoms with Gasteiger partial charge in [-0.1, -0.05) is 6.07 Å². The monoisotopic (exact) mass is 252 g/mol. The van der Waals surface area contributed by atoms with Crippen LogP contribution in [0.25, 0.3) is 0 Å². The average Bonchev–Trinajstić information content (AvgIpc) is 2.27. The van der Waals surface area contributed by atoms with E-state index in [0.717, 1.165) is 0 Å². The van der Waals surface area contributed by atoms with Gasteiger partial charge in [-0.3, -0.25) is 0 Å². The summed E-state index contributed by atoms with van der Waals surface area (Å²) in [5, 5.41) is 2.68. The molecule has 0 bridgehead atoms. The zero-order valence-corrected chi connectivity index (χ0v) is 10.5. The molecule has 1 fully saturated rings. The number of ether oxygens (including phenoxy) is 1. The lowest BCUT2D eigenvalue weighted by molar-refractivity contribution is -0.0530. The third-order valence-corrected chi connectivity index (χ3v) is 2.78.